The molecule has 47 heavy (non-hydrogen) atoms. The Morgan fingerprint density at radius 3 is 2.15 bits per heavy atom. The molecule has 242 valence electrons. The lowest BCUT2D eigenvalue weighted by Gasteiger charge is -2.26. The zero-order chi connectivity index (χ0) is 33.4. The number of halogens is 1. The number of urea groups is 1. The van der Waals surface area contributed by atoms with Gasteiger partial charge in [0.25, 0.3) is 0 Å². The summed E-state index contributed by atoms with van der Waals surface area (Å²) in [4.78, 5) is 32.7. The molecule has 0 aliphatic rings. The minimum atomic E-state index is -3.42. The van der Waals surface area contributed by atoms with Gasteiger partial charge in [0, 0.05) is 29.4 Å². The van der Waals surface area contributed by atoms with Gasteiger partial charge in [0.05, 0.1) is 18.4 Å². The fourth-order valence-electron chi connectivity index (χ4n) is 5.12. The Bertz CT molecular complexity index is 1900. The summed E-state index contributed by atoms with van der Waals surface area (Å²) in [6.07, 6.45) is 1.66. The molecule has 0 unspecified atom stereocenters. The standard InChI is InChI=1S/C35H33ClN4O5S2/c1-3-45-33(41)27-15-10-16-29(23-27)40(22-21-30(24-11-6-4-7-12-24)25-13-8-5-9-14-25)35(42)38-34-37-31(32(36)46-34)26-17-19-28(20-18-26)39-47(2,43)44/h4-20,23,30,39H,3,21-22H2,1-2H3,(H,37,38,42). The first-order valence-electron chi connectivity index (χ1n) is 14.8. The molecule has 0 radical (unpaired) electrons. The molecule has 2 N–H and O–H groups in total. The van der Waals surface area contributed by atoms with Crippen molar-refractivity contribution in [2.24, 2.45) is 0 Å². The van der Waals surface area contributed by atoms with Gasteiger partial charge >= 0.3 is 12.0 Å². The second-order valence-electron chi connectivity index (χ2n) is 10.6. The Hall–Kier alpha value is -4.71. The third kappa shape index (κ3) is 8.97. The topological polar surface area (TPSA) is 118 Å². The Morgan fingerprint density at radius 2 is 1.55 bits per heavy atom. The molecule has 9 nitrogen and oxygen atoms in total. The van der Waals surface area contributed by atoms with Crippen LogP contribution >= 0.6 is 22.9 Å². The first-order chi connectivity index (χ1) is 22.6. The molecule has 12 heteroatoms. The van der Waals surface area contributed by atoms with E-state index in [1.807, 2.05) is 36.4 Å². The SMILES string of the molecule is CCOC(=O)c1cccc(N(CCC(c2ccccc2)c2ccccc2)C(=O)Nc2nc(-c3ccc(NS(C)(=O)=O)cc3)c(Cl)s2)c1. The zero-order valence-electron chi connectivity index (χ0n) is 25.7. The highest BCUT2D eigenvalue weighted by Crippen LogP contribution is 2.36. The maximum atomic E-state index is 14.0. The largest absolute Gasteiger partial charge is 0.462 e. The molecule has 0 spiro atoms. The van der Waals surface area contributed by atoms with Crippen molar-refractivity contribution in [1.82, 2.24) is 4.98 Å². The maximum Gasteiger partial charge on any atom is 0.338 e. The van der Waals surface area contributed by atoms with Gasteiger partial charge in [0.15, 0.2) is 5.13 Å². The summed E-state index contributed by atoms with van der Waals surface area (Å²) in [5.41, 5.74) is 4.59. The number of anilines is 3. The lowest BCUT2D eigenvalue weighted by atomic mass is 9.88. The van der Waals surface area contributed by atoms with Crippen LogP contribution in [0.4, 0.5) is 21.3 Å². The van der Waals surface area contributed by atoms with Crippen molar-refractivity contribution < 1.29 is 22.7 Å². The number of hydrogen-bond acceptors (Lipinski definition) is 7. The molecule has 0 bridgehead atoms. The van der Waals surface area contributed by atoms with E-state index in [2.05, 4.69) is 39.3 Å². The van der Waals surface area contributed by atoms with E-state index in [4.69, 9.17) is 16.3 Å². The van der Waals surface area contributed by atoms with Crippen molar-refractivity contribution in [1.29, 1.82) is 0 Å². The molecule has 1 heterocycles. The fourth-order valence-corrected chi connectivity index (χ4v) is 6.76. The average Bonchev–Trinajstić information content (AvgIpc) is 3.43. The number of rotatable bonds is 12. The summed E-state index contributed by atoms with van der Waals surface area (Å²) in [5, 5.41) is 3.17. The molecule has 5 rings (SSSR count). The van der Waals surface area contributed by atoms with Gasteiger partial charge in [-0.05, 0) is 54.8 Å². The Labute approximate surface area is 283 Å². The Kier molecular flexibility index (Phi) is 10.9. The van der Waals surface area contributed by atoms with Crippen molar-refractivity contribution in [3.63, 3.8) is 0 Å². The van der Waals surface area contributed by atoms with Crippen LogP contribution in [0.2, 0.25) is 4.34 Å². The summed E-state index contributed by atoms with van der Waals surface area (Å²) >= 11 is 7.66. The molecule has 5 aromatic rings. The van der Waals surface area contributed by atoms with Gasteiger partial charge in [-0.2, -0.15) is 0 Å². The van der Waals surface area contributed by atoms with Gasteiger partial charge in [-0.3, -0.25) is 14.9 Å². The van der Waals surface area contributed by atoms with E-state index in [0.717, 1.165) is 28.7 Å². The quantitative estimate of drug-likeness (QED) is 0.127. The number of carbonyl (C=O) groups excluding carboxylic acids is 2. The number of carbonyl (C=O) groups is 2. The van der Waals surface area contributed by atoms with Gasteiger partial charge in [0.1, 0.15) is 10.0 Å². The smallest absolute Gasteiger partial charge is 0.338 e. The number of esters is 1. The maximum absolute atomic E-state index is 14.0. The second kappa shape index (κ2) is 15.3. The lowest BCUT2D eigenvalue weighted by Crippen LogP contribution is -2.36. The minimum Gasteiger partial charge on any atom is -0.462 e. The predicted molar refractivity (Wildman–Crippen MR) is 189 cm³/mol. The van der Waals surface area contributed by atoms with Crippen molar-refractivity contribution in [3.8, 4) is 11.3 Å². The molecule has 0 fully saturated rings. The van der Waals surface area contributed by atoms with Crippen LogP contribution < -0.4 is 14.9 Å². The van der Waals surface area contributed by atoms with Crippen LogP contribution in [0.5, 0.6) is 0 Å². The Balaban J connectivity index is 1.43. The molecule has 0 saturated carbocycles. The van der Waals surface area contributed by atoms with Crippen molar-refractivity contribution in [2.75, 3.05) is 34.3 Å². The van der Waals surface area contributed by atoms with Gasteiger partial charge < -0.3 is 4.74 Å². The average molecular weight is 689 g/mol. The number of sulfonamides is 1. The fraction of sp³-hybridized carbons (Fsp3) is 0.171. The van der Waals surface area contributed by atoms with Crippen LogP contribution in [-0.4, -0.2) is 44.8 Å². The Morgan fingerprint density at radius 1 is 0.915 bits per heavy atom. The first-order valence-corrected chi connectivity index (χ1v) is 17.9. The molecular formula is C35H33ClN4O5S2. The van der Waals surface area contributed by atoms with Crippen LogP contribution in [0.1, 0.15) is 40.7 Å². The van der Waals surface area contributed by atoms with Gasteiger partial charge in [-0.25, -0.2) is 23.0 Å². The van der Waals surface area contributed by atoms with E-state index in [-0.39, 0.29) is 17.7 Å². The summed E-state index contributed by atoms with van der Waals surface area (Å²) < 4.78 is 31.1. The number of nitrogens with one attached hydrogen (secondary N) is 2. The van der Waals surface area contributed by atoms with Gasteiger partial charge in [0.2, 0.25) is 10.0 Å². The second-order valence-corrected chi connectivity index (χ2v) is 14.0. The summed E-state index contributed by atoms with van der Waals surface area (Å²) in [6.45, 7) is 2.28. The normalized spacial score (nSPS) is 11.2. The van der Waals surface area contributed by atoms with E-state index in [0.29, 0.717) is 45.5 Å². The number of hydrogen-bond donors (Lipinski definition) is 2. The van der Waals surface area contributed by atoms with Crippen molar-refractivity contribution >= 4 is 61.5 Å². The molecular weight excluding hydrogens is 656 g/mol. The predicted octanol–water partition coefficient (Wildman–Crippen LogP) is 8.27. The molecule has 0 aliphatic carbocycles. The third-order valence-corrected chi connectivity index (χ3v) is 9.00. The van der Waals surface area contributed by atoms with Crippen LogP contribution in [0, 0.1) is 0 Å². The highest BCUT2D eigenvalue weighted by Gasteiger charge is 2.23. The van der Waals surface area contributed by atoms with Crippen molar-refractivity contribution in [3.05, 3.63) is 130 Å². The minimum absolute atomic E-state index is 0.00186. The molecule has 1 aromatic heterocycles. The van der Waals surface area contributed by atoms with Crippen LogP contribution in [-0.2, 0) is 14.8 Å². The molecule has 2 amide bonds. The third-order valence-electron chi connectivity index (χ3n) is 7.22. The van der Waals surface area contributed by atoms with E-state index < -0.39 is 22.0 Å². The van der Waals surface area contributed by atoms with Crippen LogP contribution in [0.25, 0.3) is 11.3 Å². The number of nitrogens with zero attached hydrogens (tertiary/aromatic N) is 2. The molecule has 0 atom stereocenters. The molecule has 0 aliphatic heterocycles. The molecule has 0 saturated heterocycles. The van der Waals surface area contributed by atoms with E-state index >= 15 is 0 Å². The monoisotopic (exact) mass is 688 g/mol. The number of aromatic nitrogens is 1. The van der Waals surface area contributed by atoms with E-state index in [1.54, 1.807) is 60.4 Å². The van der Waals surface area contributed by atoms with E-state index in [9.17, 15) is 18.0 Å². The van der Waals surface area contributed by atoms with Crippen LogP contribution in [0.3, 0.4) is 0 Å². The summed E-state index contributed by atoms with van der Waals surface area (Å²) in [7, 11) is -3.42. The number of amides is 2. The van der Waals surface area contributed by atoms with Crippen molar-refractivity contribution in [2.45, 2.75) is 19.3 Å². The zero-order valence-corrected chi connectivity index (χ0v) is 28.1. The highest BCUT2D eigenvalue weighted by molar-refractivity contribution is 7.92. The number of ether oxygens (including phenoxy) is 1. The summed E-state index contributed by atoms with van der Waals surface area (Å²) in [6, 6.07) is 33.2. The first kappa shape index (κ1) is 33.6. The lowest BCUT2D eigenvalue weighted by molar-refractivity contribution is 0.0526. The van der Waals surface area contributed by atoms with E-state index in [1.165, 1.54) is 0 Å². The highest BCUT2D eigenvalue weighted by atomic mass is 35.5. The number of benzene rings is 4. The van der Waals surface area contributed by atoms with Gasteiger partial charge in [-0.15, -0.1) is 0 Å². The molecule has 4 aromatic carbocycles. The summed E-state index contributed by atoms with van der Waals surface area (Å²) in [5.74, 6) is -0.475. The van der Waals surface area contributed by atoms with Gasteiger partial charge in [-0.1, -0.05) is 102 Å². The number of thiazole rings is 1. The van der Waals surface area contributed by atoms with Crippen LogP contribution in [0.15, 0.2) is 109 Å².